The molecule has 5 heteroatoms. The van der Waals surface area contributed by atoms with Gasteiger partial charge in [-0.2, -0.15) is 0 Å². The minimum atomic E-state index is -0.682. The summed E-state index contributed by atoms with van der Waals surface area (Å²) in [5.41, 5.74) is 4.66. The molecule has 2 saturated carbocycles. The standard InChI is InChI=1S/C32H43NO4/c1-18(2)14-16-35-29(3,4)27-25(34)28-32(37-28)23-12-11-19-17-21-20-9-7-8-10-22(20)33-26(21)31(19,6)30(23,5)15-13-24(32)36-27/h7-10,14,19,23-25,27-28,33-34H,11-13,15-17H2,1-6H3/t19-,23-,24-,25-,27+,28+,30-,31-,32-/m0/s1. The average Bonchev–Trinajstić information content (AvgIpc) is 3.38. The van der Waals surface area contributed by atoms with Gasteiger partial charge in [0.15, 0.2) is 0 Å². The average molecular weight is 506 g/mol. The molecule has 3 heterocycles. The molecule has 2 N–H and O–H groups in total. The molecule has 0 bridgehead atoms. The first-order chi connectivity index (χ1) is 17.5. The summed E-state index contributed by atoms with van der Waals surface area (Å²) in [6.45, 7) is 13.8. The number of aliphatic hydroxyl groups is 1. The third-order valence-electron chi connectivity index (χ3n) is 11.6. The van der Waals surface area contributed by atoms with Gasteiger partial charge in [-0.25, -0.2) is 0 Å². The van der Waals surface area contributed by atoms with Crippen LogP contribution in [0.5, 0.6) is 0 Å². The van der Waals surface area contributed by atoms with Gasteiger partial charge in [0.2, 0.25) is 0 Å². The molecule has 200 valence electrons. The third kappa shape index (κ3) is 3.00. The number of H-pyrrole nitrogens is 1. The van der Waals surface area contributed by atoms with Gasteiger partial charge in [0.25, 0.3) is 0 Å². The van der Waals surface area contributed by atoms with E-state index in [1.54, 1.807) is 0 Å². The first kappa shape index (κ1) is 24.4. The summed E-state index contributed by atoms with van der Waals surface area (Å²) < 4.78 is 19.7. The highest BCUT2D eigenvalue weighted by atomic mass is 16.7. The van der Waals surface area contributed by atoms with Crippen LogP contribution in [0.2, 0.25) is 0 Å². The molecule has 0 amide bonds. The second-order valence-corrected chi connectivity index (χ2v) is 13.8. The highest BCUT2D eigenvalue weighted by Crippen LogP contribution is 2.73. The molecule has 5 nitrogen and oxygen atoms in total. The van der Waals surface area contributed by atoms with Gasteiger partial charge >= 0.3 is 0 Å². The Hall–Kier alpha value is -1.66. The zero-order chi connectivity index (χ0) is 26.0. The van der Waals surface area contributed by atoms with Crippen molar-refractivity contribution in [3.05, 3.63) is 47.2 Å². The number of benzene rings is 1. The van der Waals surface area contributed by atoms with Crippen LogP contribution in [0.25, 0.3) is 10.9 Å². The van der Waals surface area contributed by atoms with Crippen molar-refractivity contribution in [3.8, 4) is 0 Å². The molecule has 4 fully saturated rings. The number of aromatic nitrogens is 1. The van der Waals surface area contributed by atoms with Crippen LogP contribution >= 0.6 is 0 Å². The zero-order valence-electron chi connectivity index (χ0n) is 23.3. The summed E-state index contributed by atoms with van der Waals surface area (Å²) in [5.74, 6) is 1.02. The van der Waals surface area contributed by atoms with Crippen LogP contribution in [0.1, 0.15) is 78.5 Å². The van der Waals surface area contributed by atoms with Crippen molar-refractivity contribution in [1.29, 1.82) is 0 Å². The number of nitrogens with one attached hydrogen (secondary N) is 1. The number of aliphatic hydroxyl groups excluding tert-OH is 1. The Labute approximate surface area is 220 Å². The molecule has 2 aromatic rings. The lowest BCUT2D eigenvalue weighted by Gasteiger charge is -2.62. The van der Waals surface area contributed by atoms with E-state index in [9.17, 15) is 5.11 Å². The Balaban J connectivity index is 1.21. The zero-order valence-corrected chi connectivity index (χ0v) is 23.3. The van der Waals surface area contributed by atoms with Crippen LogP contribution in [0, 0.1) is 17.3 Å². The predicted octanol–water partition coefficient (Wildman–Crippen LogP) is 5.84. The molecule has 3 aliphatic carbocycles. The van der Waals surface area contributed by atoms with Gasteiger partial charge in [-0.1, -0.05) is 43.7 Å². The molecule has 2 aliphatic heterocycles. The van der Waals surface area contributed by atoms with E-state index >= 15 is 0 Å². The molecular weight excluding hydrogens is 462 g/mol. The minimum absolute atomic E-state index is 0.0130. The van der Waals surface area contributed by atoms with Crippen molar-refractivity contribution in [2.24, 2.45) is 17.3 Å². The van der Waals surface area contributed by atoms with Crippen LogP contribution < -0.4 is 0 Å². The number of ether oxygens (including phenoxy) is 3. The van der Waals surface area contributed by atoms with Gasteiger partial charge in [-0.05, 0) is 88.7 Å². The molecule has 0 radical (unpaired) electrons. The van der Waals surface area contributed by atoms with E-state index in [0.717, 1.165) is 25.7 Å². The van der Waals surface area contributed by atoms with Crippen LogP contribution in [-0.2, 0) is 26.0 Å². The summed E-state index contributed by atoms with van der Waals surface area (Å²) in [7, 11) is 0. The number of rotatable bonds is 4. The lowest BCUT2D eigenvalue weighted by atomic mass is 9.43. The first-order valence-corrected chi connectivity index (χ1v) is 14.4. The van der Waals surface area contributed by atoms with E-state index in [1.807, 2.05) is 13.8 Å². The fraction of sp³-hybridized carbons (Fsp3) is 0.688. The number of hydrogen-bond acceptors (Lipinski definition) is 4. The summed E-state index contributed by atoms with van der Waals surface area (Å²) in [6.07, 6.45) is 6.44. The largest absolute Gasteiger partial charge is 0.387 e. The van der Waals surface area contributed by atoms with Gasteiger partial charge in [0, 0.05) is 22.0 Å². The lowest BCUT2D eigenvalue weighted by Crippen LogP contribution is -2.68. The molecular formula is C32H43NO4. The lowest BCUT2D eigenvalue weighted by molar-refractivity contribution is -0.232. The third-order valence-corrected chi connectivity index (χ3v) is 11.6. The Kier molecular flexibility index (Phi) is 5.08. The molecule has 37 heavy (non-hydrogen) atoms. The van der Waals surface area contributed by atoms with Gasteiger partial charge in [-0.3, -0.25) is 0 Å². The molecule has 1 spiro atoms. The summed E-state index contributed by atoms with van der Waals surface area (Å²) in [5, 5.41) is 13.0. The summed E-state index contributed by atoms with van der Waals surface area (Å²) >= 11 is 0. The molecule has 5 aliphatic rings. The first-order valence-electron chi connectivity index (χ1n) is 14.4. The summed E-state index contributed by atoms with van der Waals surface area (Å²) in [4.78, 5) is 3.89. The molecule has 9 atom stereocenters. The smallest absolute Gasteiger partial charge is 0.127 e. The van der Waals surface area contributed by atoms with E-state index in [2.05, 4.69) is 63.0 Å². The fourth-order valence-electron chi connectivity index (χ4n) is 9.47. The van der Waals surface area contributed by atoms with Gasteiger partial charge < -0.3 is 24.3 Å². The van der Waals surface area contributed by atoms with Crippen molar-refractivity contribution in [1.82, 2.24) is 4.98 Å². The van der Waals surface area contributed by atoms with E-state index in [-0.39, 0.29) is 28.6 Å². The number of para-hydroxylation sites is 1. The van der Waals surface area contributed by atoms with Crippen LogP contribution in [0.3, 0.4) is 0 Å². The quantitative estimate of drug-likeness (QED) is 0.405. The van der Waals surface area contributed by atoms with E-state index in [1.165, 1.54) is 34.2 Å². The normalized spacial score (nSPS) is 43.9. The summed E-state index contributed by atoms with van der Waals surface area (Å²) in [6, 6.07) is 8.80. The van der Waals surface area contributed by atoms with Gasteiger partial charge in [0.1, 0.15) is 23.9 Å². The number of allylic oxidation sites excluding steroid dienone is 1. The Morgan fingerprint density at radius 1 is 1.19 bits per heavy atom. The predicted molar refractivity (Wildman–Crippen MR) is 145 cm³/mol. The van der Waals surface area contributed by atoms with Crippen molar-refractivity contribution < 1.29 is 19.3 Å². The minimum Gasteiger partial charge on any atom is -0.387 e. The maximum Gasteiger partial charge on any atom is 0.127 e. The second-order valence-electron chi connectivity index (χ2n) is 13.8. The Morgan fingerprint density at radius 3 is 2.76 bits per heavy atom. The molecule has 1 aromatic carbocycles. The van der Waals surface area contributed by atoms with Crippen molar-refractivity contribution >= 4 is 10.9 Å². The molecule has 2 saturated heterocycles. The highest BCUT2D eigenvalue weighted by Gasteiger charge is 2.80. The number of aromatic amines is 1. The maximum atomic E-state index is 11.6. The molecule has 0 unspecified atom stereocenters. The maximum absolute atomic E-state index is 11.6. The highest BCUT2D eigenvalue weighted by molar-refractivity contribution is 5.86. The molecule has 1 aromatic heterocycles. The SMILES string of the molecule is CC(C)=CCOC(C)(C)[C@@H]1O[C@H]2CC[C@@]3(C)[C@H](CC[C@H]4Cc5c([nH]c6ccccc56)[C@]43C)[C@]23O[C@@H]3[C@H]1O. The molecule has 7 rings (SSSR count). The van der Waals surface area contributed by atoms with E-state index in [4.69, 9.17) is 14.2 Å². The van der Waals surface area contributed by atoms with Crippen LogP contribution in [0.4, 0.5) is 0 Å². The van der Waals surface area contributed by atoms with E-state index < -0.39 is 17.8 Å². The van der Waals surface area contributed by atoms with E-state index in [0.29, 0.717) is 18.4 Å². The second kappa shape index (κ2) is 7.71. The van der Waals surface area contributed by atoms with Crippen molar-refractivity contribution in [2.75, 3.05) is 6.61 Å². The van der Waals surface area contributed by atoms with Crippen molar-refractivity contribution in [3.63, 3.8) is 0 Å². The number of fused-ring (bicyclic) bond motifs is 7. The van der Waals surface area contributed by atoms with Crippen molar-refractivity contribution in [2.45, 2.75) is 115 Å². The Bertz CT molecular complexity index is 1270. The number of hydrogen-bond donors (Lipinski definition) is 2. The van der Waals surface area contributed by atoms with Gasteiger partial charge in [-0.15, -0.1) is 0 Å². The monoisotopic (exact) mass is 505 g/mol. The fourth-order valence-corrected chi connectivity index (χ4v) is 9.47. The van der Waals surface area contributed by atoms with Gasteiger partial charge in [0.05, 0.1) is 18.3 Å². The van der Waals surface area contributed by atoms with Crippen LogP contribution in [0.15, 0.2) is 35.9 Å². The van der Waals surface area contributed by atoms with Crippen LogP contribution in [-0.4, -0.2) is 52.3 Å². The topological polar surface area (TPSA) is 67.0 Å². The number of epoxide rings is 1. The Morgan fingerprint density at radius 2 is 1.97 bits per heavy atom.